The molecule has 0 saturated carbocycles. The topological polar surface area (TPSA) is 56.2 Å². The number of ketones is 1. The van der Waals surface area contributed by atoms with E-state index in [2.05, 4.69) is 10.4 Å². The number of aromatic nitrogens is 2. The Morgan fingerprint density at radius 3 is 3.24 bits per heavy atom. The van der Waals surface area contributed by atoms with E-state index in [9.17, 15) is 4.79 Å². The third kappa shape index (κ3) is 2.68. The van der Waals surface area contributed by atoms with Crippen molar-refractivity contribution in [2.24, 2.45) is 0 Å². The molecule has 1 aliphatic heterocycles. The van der Waals surface area contributed by atoms with Gasteiger partial charge in [0.2, 0.25) is 5.78 Å². The van der Waals surface area contributed by atoms with E-state index in [0.717, 1.165) is 6.42 Å². The molecule has 1 aliphatic rings. The minimum Gasteiger partial charge on any atom is -0.378 e. The highest BCUT2D eigenvalue weighted by molar-refractivity contribution is 6.33. The Morgan fingerprint density at radius 2 is 2.59 bits per heavy atom. The number of rotatable bonds is 4. The van der Waals surface area contributed by atoms with Gasteiger partial charge in [-0.25, -0.2) is 0 Å². The molecule has 2 rings (SSSR count). The molecule has 0 aliphatic carbocycles. The molecule has 0 aromatic carbocycles. The molecule has 0 amide bonds. The van der Waals surface area contributed by atoms with Gasteiger partial charge in [-0.3, -0.25) is 9.48 Å². The zero-order valence-electron chi connectivity index (χ0n) is 9.78. The Balaban J connectivity index is 2.19. The van der Waals surface area contributed by atoms with Gasteiger partial charge in [-0.2, -0.15) is 5.10 Å². The summed E-state index contributed by atoms with van der Waals surface area (Å²) < 4.78 is 6.95. The highest BCUT2D eigenvalue weighted by Gasteiger charge is 2.27. The summed E-state index contributed by atoms with van der Waals surface area (Å²) in [4.78, 5) is 12.3. The van der Waals surface area contributed by atoms with Crippen LogP contribution in [0, 0.1) is 0 Å². The summed E-state index contributed by atoms with van der Waals surface area (Å²) in [6.45, 7) is 4.46. The quantitative estimate of drug-likeness (QED) is 0.822. The van der Waals surface area contributed by atoms with Crippen LogP contribution in [-0.4, -0.2) is 41.4 Å². The van der Waals surface area contributed by atoms with Crippen molar-refractivity contribution in [3.63, 3.8) is 0 Å². The molecule has 2 heterocycles. The predicted molar refractivity (Wildman–Crippen MR) is 64.5 cm³/mol. The van der Waals surface area contributed by atoms with Gasteiger partial charge in [0.05, 0.1) is 30.5 Å². The van der Waals surface area contributed by atoms with Crippen LogP contribution >= 0.6 is 11.6 Å². The third-order valence-corrected chi connectivity index (χ3v) is 2.98. The van der Waals surface area contributed by atoms with E-state index in [0.29, 0.717) is 37.0 Å². The number of hydrogen-bond donors (Lipinski definition) is 1. The molecule has 1 atom stereocenters. The number of morpholine rings is 1. The van der Waals surface area contributed by atoms with Crippen LogP contribution < -0.4 is 5.32 Å². The van der Waals surface area contributed by atoms with Crippen LogP contribution in [0.5, 0.6) is 0 Å². The van der Waals surface area contributed by atoms with Gasteiger partial charge >= 0.3 is 0 Å². The van der Waals surface area contributed by atoms with Crippen LogP contribution in [-0.2, 0) is 11.3 Å². The van der Waals surface area contributed by atoms with Gasteiger partial charge < -0.3 is 10.1 Å². The standard InChI is InChI=1S/C11H16ClN3O2/c1-2-4-15-10(8(12)6-14-15)11(16)9-7-17-5-3-13-9/h6,9,13H,2-5,7H2,1H3. The summed E-state index contributed by atoms with van der Waals surface area (Å²) in [5.74, 6) is -0.0411. The number of hydrogen-bond acceptors (Lipinski definition) is 4. The van der Waals surface area contributed by atoms with Gasteiger partial charge in [-0.1, -0.05) is 18.5 Å². The highest BCUT2D eigenvalue weighted by Crippen LogP contribution is 2.18. The fourth-order valence-electron chi connectivity index (χ4n) is 1.89. The van der Waals surface area contributed by atoms with Crippen molar-refractivity contribution in [1.82, 2.24) is 15.1 Å². The molecule has 17 heavy (non-hydrogen) atoms. The lowest BCUT2D eigenvalue weighted by Gasteiger charge is -2.22. The molecule has 0 bridgehead atoms. The van der Waals surface area contributed by atoms with E-state index in [1.54, 1.807) is 4.68 Å². The van der Waals surface area contributed by atoms with Crippen molar-refractivity contribution in [3.8, 4) is 0 Å². The maximum Gasteiger partial charge on any atom is 0.201 e. The lowest BCUT2D eigenvalue weighted by molar-refractivity contribution is 0.0600. The fraction of sp³-hybridized carbons (Fsp3) is 0.636. The Bertz CT molecular complexity index is 399. The van der Waals surface area contributed by atoms with Crippen LogP contribution in [0.1, 0.15) is 23.8 Å². The lowest BCUT2D eigenvalue weighted by Crippen LogP contribution is -2.47. The van der Waals surface area contributed by atoms with Gasteiger partial charge in [0.25, 0.3) is 0 Å². The van der Waals surface area contributed by atoms with Gasteiger partial charge in [0, 0.05) is 13.1 Å². The minimum absolute atomic E-state index is 0.0411. The number of halogens is 1. The van der Waals surface area contributed by atoms with Gasteiger partial charge in [0.1, 0.15) is 5.69 Å². The first-order chi connectivity index (χ1) is 8.24. The molecule has 1 unspecified atom stereocenters. The molecule has 5 nitrogen and oxygen atoms in total. The van der Waals surface area contributed by atoms with Crippen LogP contribution in [0.3, 0.4) is 0 Å². The molecular formula is C11H16ClN3O2. The number of Topliss-reactive ketones (excluding diaryl/α,β-unsaturated/α-hetero) is 1. The molecule has 1 saturated heterocycles. The molecule has 0 radical (unpaired) electrons. The fourth-order valence-corrected chi connectivity index (χ4v) is 2.12. The predicted octanol–water partition coefficient (Wildman–Crippen LogP) is 1.12. The van der Waals surface area contributed by atoms with Crippen molar-refractivity contribution < 1.29 is 9.53 Å². The molecular weight excluding hydrogens is 242 g/mol. The van der Waals surface area contributed by atoms with Crippen LogP contribution in [0.15, 0.2) is 6.20 Å². The van der Waals surface area contributed by atoms with Crippen LogP contribution in [0.25, 0.3) is 0 Å². The molecule has 1 fully saturated rings. The van der Waals surface area contributed by atoms with E-state index in [-0.39, 0.29) is 11.8 Å². The number of aryl methyl sites for hydroxylation is 1. The third-order valence-electron chi connectivity index (χ3n) is 2.70. The number of carbonyl (C=O) groups is 1. The Kier molecular flexibility index (Phi) is 4.15. The highest BCUT2D eigenvalue weighted by atomic mass is 35.5. The Morgan fingerprint density at radius 1 is 1.76 bits per heavy atom. The number of ether oxygens (including phenoxy) is 1. The maximum atomic E-state index is 12.3. The summed E-state index contributed by atoms with van der Waals surface area (Å²) in [6.07, 6.45) is 2.43. The van der Waals surface area contributed by atoms with E-state index < -0.39 is 0 Å². The van der Waals surface area contributed by atoms with Crippen molar-refractivity contribution in [1.29, 1.82) is 0 Å². The average Bonchev–Trinajstić information content (AvgIpc) is 2.71. The van der Waals surface area contributed by atoms with Crippen LogP contribution in [0.4, 0.5) is 0 Å². The summed E-state index contributed by atoms with van der Waals surface area (Å²) in [6, 6.07) is -0.312. The molecule has 1 aromatic rings. The van der Waals surface area contributed by atoms with Gasteiger partial charge in [-0.05, 0) is 6.42 Å². The molecule has 6 heteroatoms. The summed E-state index contributed by atoms with van der Waals surface area (Å²) in [7, 11) is 0. The molecule has 1 N–H and O–H groups in total. The van der Waals surface area contributed by atoms with Crippen molar-refractivity contribution in [3.05, 3.63) is 16.9 Å². The summed E-state index contributed by atoms with van der Waals surface area (Å²) in [5.41, 5.74) is 0.483. The first-order valence-corrected chi connectivity index (χ1v) is 6.18. The summed E-state index contributed by atoms with van der Waals surface area (Å²) in [5, 5.41) is 7.66. The zero-order chi connectivity index (χ0) is 12.3. The van der Waals surface area contributed by atoms with E-state index >= 15 is 0 Å². The molecule has 0 spiro atoms. The normalized spacial score (nSPS) is 20.5. The lowest BCUT2D eigenvalue weighted by atomic mass is 10.1. The molecule has 1 aromatic heterocycles. The van der Waals surface area contributed by atoms with E-state index in [1.165, 1.54) is 6.20 Å². The van der Waals surface area contributed by atoms with Gasteiger partial charge in [0.15, 0.2) is 0 Å². The zero-order valence-corrected chi connectivity index (χ0v) is 10.5. The Hall–Kier alpha value is -0.910. The second-order valence-corrected chi connectivity index (χ2v) is 4.42. The molecule has 94 valence electrons. The first kappa shape index (κ1) is 12.5. The summed E-state index contributed by atoms with van der Waals surface area (Å²) >= 11 is 6.02. The Labute approximate surface area is 105 Å². The smallest absolute Gasteiger partial charge is 0.201 e. The SMILES string of the molecule is CCCn1ncc(Cl)c1C(=O)C1COCCN1. The average molecular weight is 258 g/mol. The number of nitrogens with zero attached hydrogens (tertiary/aromatic N) is 2. The van der Waals surface area contributed by atoms with Crippen molar-refractivity contribution in [2.45, 2.75) is 25.9 Å². The van der Waals surface area contributed by atoms with Crippen molar-refractivity contribution >= 4 is 17.4 Å². The second-order valence-electron chi connectivity index (χ2n) is 4.01. The van der Waals surface area contributed by atoms with E-state index in [1.807, 2.05) is 6.92 Å². The maximum absolute atomic E-state index is 12.3. The largest absolute Gasteiger partial charge is 0.378 e. The first-order valence-electron chi connectivity index (χ1n) is 5.80. The van der Waals surface area contributed by atoms with Crippen LogP contribution in [0.2, 0.25) is 5.02 Å². The number of carbonyl (C=O) groups excluding carboxylic acids is 1. The van der Waals surface area contributed by atoms with E-state index in [4.69, 9.17) is 16.3 Å². The monoisotopic (exact) mass is 257 g/mol. The second kappa shape index (κ2) is 5.62. The minimum atomic E-state index is -0.312. The van der Waals surface area contributed by atoms with Gasteiger partial charge in [-0.15, -0.1) is 0 Å². The number of nitrogens with one attached hydrogen (secondary N) is 1. The van der Waals surface area contributed by atoms with Crippen molar-refractivity contribution in [2.75, 3.05) is 19.8 Å².